The molecule has 1 heterocycles. The van der Waals surface area contributed by atoms with Gasteiger partial charge in [0.2, 0.25) is 0 Å². The number of benzene rings is 1. The van der Waals surface area contributed by atoms with Gasteiger partial charge in [-0.25, -0.2) is 0 Å². The fraction of sp³-hybridized carbons (Fsp3) is 0.538. The fourth-order valence-electron chi connectivity index (χ4n) is 2.55. The van der Waals surface area contributed by atoms with Crippen molar-refractivity contribution in [3.05, 3.63) is 29.8 Å². The molecule has 1 aliphatic rings. The van der Waals surface area contributed by atoms with E-state index in [2.05, 4.69) is 11.8 Å². The molecule has 2 unspecified atom stereocenters. The highest BCUT2D eigenvalue weighted by atomic mass is 16.3. The molecule has 1 aromatic rings. The third-order valence-corrected chi connectivity index (χ3v) is 3.08. The molecule has 3 N–H and O–H groups in total. The summed E-state index contributed by atoms with van der Waals surface area (Å²) in [5.74, 6) is 1.01. The van der Waals surface area contributed by atoms with Crippen molar-refractivity contribution in [1.82, 2.24) is 4.90 Å². The van der Waals surface area contributed by atoms with Gasteiger partial charge in [0.25, 0.3) is 0 Å². The minimum atomic E-state index is 0.293. The Morgan fingerprint density at radius 2 is 2.25 bits per heavy atom. The Hall–Kier alpha value is -1.06. The van der Waals surface area contributed by atoms with Gasteiger partial charge in [-0.2, -0.15) is 0 Å². The van der Waals surface area contributed by atoms with Gasteiger partial charge in [-0.15, -0.1) is 0 Å². The highest BCUT2D eigenvalue weighted by Gasteiger charge is 2.21. The van der Waals surface area contributed by atoms with E-state index in [-0.39, 0.29) is 0 Å². The lowest BCUT2D eigenvalue weighted by Crippen LogP contribution is -2.45. The second kappa shape index (κ2) is 4.85. The summed E-state index contributed by atoms with van der Waals surface area (Å²) in [7, 11) is 0. The van der Waals surface area contributed by atoms with Crippen LogP contribution >= 0.6 is 0 Å². The number of likely N-dealkylation sites (tertiary alicyclic amines) is 1. The fourth-order valence-corrected chi connectivity index (χ4v) is 2.55. The number of hydrogen-bond donors (Lipinski definition) is 2. The van der Waals surface area contributed by atoms with Crippen LogP contribution in [0.2, 0.25) is 0 Å². The van der Waals surface area contributed by atoms with E-state index in [9.17, 15) is 5.11 Å². The molecule has 2 atom stereocenters. The summed E-state index contributed by atoms with van der Waals surface area (Å²) in [5.41, 5.74) is 7.16. The lowest BCUT2D eigenvalue weighted by molar-refractivity contribution is 0.158. The van der Waals surface area contributed by atoms with Gasteiger partial charge in [0.1, 0.15) is 5.75 Å². The van der Waals surface area contributed by atoms with Crippen LogP contribution in [0.15, 0.2) is 24.3 Å². The maximum absolute atomic E-state index is 9.40. The Kier molecular flexibility index (Phi) is 3.46. The van der Waals surface area contributed by atoms with Gasteiger partial charge in [0.05, 0.1) is 0 Å². The minimum Gasteiger partial charge on any atom is -0.508 e. The molecule has 1 aliphatic heterocycles. The van der Waals surface area contributed by atoms with Crippen LogP contribution in [0, 0.1) is 5.92 Å². The Morgan fingerprint density at radius 3 is 2.94 bits per heavy atom. The number of aromatic hydroxyl groups is 1. The highest BCUT2D eigenvalue weighted by Crippen LogP contribution is 2.19. The predicted octanol–water partition coefficient (Wildman–Crippen LogP) is 1.56. The standard InChI is InChI=1S/C13H20N2O/c1-10-5-12(14)9-15(7-10)8-11-3-2-4-13(16)6-11/h2-4,6,10,12,16H,5,7-9,14H2,1H3. The molecule has 0 aromatic heterocycles. The molecule has 88 valence electrons. The van der Waals surface area contributed by atoms with Crippen molar-refractivity contribution in [2.75, 3.05) is 13.1 Å². The Labute approximate surface area is 96.9 Å². The van der Waals surface area contributed by atoms with Gasteiger partial charge < -0.3 is 10.8 Å². The van der Waals surface area contributed by atoms with Crippen molar-refractivity contribution in [3.8, 4) is 5.75 Å². The van der Waals surface area contributed by atoms with Crippen LogP contribution < -0.4 is 5.73 Å². The first-order chi connectivity index (χ1) is 7.63. The molecule has 0 aliphatic carbocycles. The van der Waals surface area contributed by atoms with E-state index in [0.717, 1.165) is 31.6 Å². The maximum Gasteiger partial charge on any atom is 0.115 e. The van der Waals surface area contributed by atoms with Crippen molar-refractivity contribution in [3.63, 3.8) is 0 Å². The summed E-state index contributed by atoms with van der Waals surface area (Å²) >= 11 is 0. The number of piperidine rings is 1. The SMILES string of the molecule is CC1CC(N)CN(Cc2cccc(O)c2)C1. The van der Waals surface area contributed by atoms with E-state index in [1.165, 1.54) is 0 Å². The van der Waals surface area contributed by atoms with Gasteiger partial charge in [0, 0.05) is 25.7 Å². The summed E-state index contributed by atoms with van der Waals surface area (Å²) in [6.45, 7) is 5.18. The van der Waals surface area contributed by atoms with Crippen LogP contribution in [0.4, 0.5) is 0 Å². The number of nitrogens with zero attached hydrogens (tertiary/aromatic N) is 1. The molecule has 1 aromatic carbocycles. The molecule has 0 amide bonds. The molecule has 0 bridgehead atoms. The second-order valence-electron chi connectivity index (χ2n) is 4.96. The molecule has 0 spiro atoms. The minimum absolute atomic E-state index is 0.293. The summed E-state index contributed by atoms with van der Waals surface area (Å²) < 4.78 is 0. The lowest BCUT2D eigenvalue weighted by Gasteiger charge is -2.34. The van der Waals surface area contributed by atoms with Gasteiger partial charge in [0.15, 0.2) is 0 Å². The molecular formula is C13H20N2O. The van der Waals surface area contributed by atoms with Gasteiger partial charge >= 0.3 is 0 Å². The average Bonchev–Trinajstić information content (AvgIpc) is 2.15. The molecule has 3 nitrogen and oxygen atoms in total. The largest absolute Gasteiger partial charge is 0.508 e. The van der Waals surface area contributed by atoms with E-state index in [1.54, 1.807) is 6.07 Å². The highest BCUT2D eigenvalue weighted by molar-refractivity contribution is 5.27. The normalized spacial score (nSPS) is 26.9. The quantitative estimate of drug-likeness (QED) is 0.795. The van der Waals surface area contributed by atoms with Crippen LogP contribution in [0.1, 0.15) is 18.9 Å². The number of hydrogen-bond acceptors (Lipinski definition) is 3. The smallest absolute Gasteiger partial charge is 0.115 e. The summed E-state index contributed by atoms with van der Waals surface area (Å²) in [4.78, 5) is 2.37. The summed E-state index contributed by atoms with van der Waals surface area (Å²) in [6.07, 6.45) is 1.12. The lowest BCUT2D eigenvalue weighted by atomic mass is 9.96. The molecule has 1 fully saturated rings. The van der Waals surface area contributed by atoms with E-state index >= 15 is 0 Å². The topological polar surface area (TPSA) is 49.5 Å². The molecule has 0 radical (unpaired) electrons. The van der Waals surface area contributed by atoms with E-state index in [4.69, 9.17) is 5.73 Å². The molecule has 16 heavy (non-hydrogen) atoms. The first-order valence-corrected chi connectivity index (χ1v) is 5.89. The van der Waals surface area contributed by atoms with E-state index in [1.807, 2.05) is 18.2 Å². The van der Waals surface area contributed by atoms with Crippen LogP contribution in [0.25, 0.3) is 0 Å². The zero-order valence-electron chi connectivity index (χ0n) is 9.76. The zero-order valence-corrected chi connectivity index (χ0v) is 9.76. The van der Waals surface area contributed by atoms with Crippen molar-refractivity contribution >= 4 is 0 Å². The molecule has 1 saturated heterocycles. The van der Waals surface area contributed by atoms with Gasteiger partial charge in [-0.1, -0.05) is 19.1 Å². The van der Waals surface area contributed by atoms with Crippen LogP contribution in [0.5, 0.6) is 5.75 Å². The third-order valence-electron chi connectivity index (χ3n) is 3.08. The first kappa shape index (κ1) is 11.4. The van der Waals surface area contributed by atoms with Crippen molar-refractivity contribution in [2.24, 2.45) is 11.7 Å². The van der Waals surface area contributed by atoms with E-state index in [0.29, 0.717) is 17.7 Å². The average molecular weight is 220 g/mol. The van der Waals surface area contributed by atoms with Crippen molar-refractivity contribution < 1.29 is 5.11 Å². The Balaban J connectivity index is 1.98. The molecule has 3 heteroatoms. The molecule has 2 rings (SSSR count). The number of phenols is 1. The number of rotatable bonds is 2. The van der Waals surface area contributed by atoms with Crippen LogP contribution in [-0.4, -0.2) is 29.1 Å². The second-order valence-corrected chi connectivity index (χ2v) is 4.96. The van der Waals surface area contributed by atoms with Crippen LogP contribution in [0.3, 0.4) is 0 Å². The zero-order chi connectivity index (χ0) is 11.5. The first-order valence-electron chi connectivity index (χ1n) is 5.89. The van der Waals surface area contributed by atoms with Crippen molar-refractivity contribution in [2.45, 2.75) is 25.9 Å². The van der Waals surface area contributed by atoms with Gasteiger partial charge in [-0.3, -0.25) is 4.90 Å². The van der Waals surface area contributed by atoms with Gasteiger partial charge in [-0.05, 0) is 30.0 Å². The third kappa shape index (κ3) is 2.97. The monoisotopic (exact) mass is 220 g/mol. The maximum atomic E-state index is 9.40. The van der Waals surface area contributed by atoms with Crippen LogP contribution in [-0.2, 0) is 6.54 Å². The van der Waals surface area contributed by atoms with Crippen molar-refractivity contribution in [1.29, 1.82) is 0 Å². The number of phenolic OH excluding ortho intramolecular Hbond substituents is 1. The number of nitrogens with two attached hydrogens (primary N) is 1. The van der Waals surface area contributed by atoms with E-state index < -0.39 is 0 Å². The summed E-state index contributed by atoms with van der Waals surface area (Å²) in [5, 5.41) is 9.40. The predicted molar refractivity (Wildman–Crippen MR) is 65.1 cm³/mol. The molecular weight excluding hydrogens is 200 g/mol. The molecule has 0 saturated carbocycles. The Morgan fingerprint density at radius 1 is 1.44 bits per heavy atom. The Bertz CT molecular complexity index is 344. The summed E-state index contributed by atoms with van der Waals surface area (Å²) in [6, 6.07) is 7.75.